The average molecular weight is 440 g/mol. The number of rotatable bonds is 4. The molecule has 1 aliphatic rings. The van der Waals surface area contributed by atoms with Gasteiger partial charge in [-0.05, 0) is 43.7 Å². The van der Waals surface area contributed by atoms with E-state index < -0.39 is 29.2 Å². The van der Waals surface area contributed by atoms with Crippen LogP contribution in [0, 0.1) is 11.6 Å². The smallest absolute Gasteiger partial charge is 0.338 e. The zero-order chi connectivity index (χ0) is 22.1. The molecule has 0 spiro atoms. The van der Waals surface area contributed by atoms with E-state index >= 15 is 0 Å². The first-order valence-corrected chi connectivity index (χ1v) is 10.4. The summed E-state index contributed by atoms with van der Waals surface area (Å²) >= 11 is 1.10. The average Bonchev–Trinajstić information content (AvgIpc) is 3.04. The van der Waals surface area contributed by atoms with Crippen LogP contribution in [0.25, 0.3) is 6.08 Å². The molecular weight excluding hydrogens is 422 g/mol. The number of esters is 1. The van der Waals surface area contributed by atoms with E-state index in [0.717, 1.165) is 11.3 Å². The lowest BCUT2D eigenvalue weighted by atomic mass is 9.96. The summed E-state index contributed by atoms with van der Waals surface area (Å²) in [5.41, 5.74) is 1.00. The molecule has 1 aromatic heterocycles. The number of carbonyl (C=O) groups is 1. The highest BCUT2D eigenvalue weighted by Crippen LogP contribution is 2.30. The van der Waals surface area contributed by atoms with E-state index in [-0.39, 0.29) is 22.3 Å². The monoisotopic (exact) mass is 440 g/mol. The molecule has 1 unspecified atom stereocenters. The van der Waals surface area contributed by atoms with Crippen LogP contribution in [0.5, 0.6) is 0 Å². The topological polar surface area (TPSA) is 60.7 Å². The number of nitrogens with zero attached hydrogens (tertiary/aromatic N) is 2. The molecule has 4 rings (SSSR count). The molecule has 0 radical (unpaired) electrons. The van der Waals surface area contributed by atoms with Gasteiger partial charge in [-0.25, -0.2) is 18.6 Å². The second kappa shape index (κ2) is 8.39. The molecule has 1 atom stereocenters. The number of aromatic nitrogens is 1. The lowest BCUT2D eigenvalue weighted by Crippen LogP contribution is -2.39. The summed E-state index contributed by atoms with van der Waals surface area (Å²) in [7, 11) is 0. The van der Waals surface area contributed by atoms with E-state index in [0.29, 0.717) is 16.1 Å². The van der Waals surface area contributed by atoms with E-state index in [4.69, 9.17) is 4.74 Å². The van der Waals surface area contributed by atoms with Crippen LogP contribution in [-0.2, 0) is 9.53 Å². The van der Waals surface area contributed by atoms with Gasteiger partial charge in [0.15, 0.2) is 4.80 Å². The molecule has 5 nitrogen and oxygen atoms in total. The molecule has 0 N–H and O–H groups in total. The third-order valence-corrected chi connectivity index (χ3v) is 5.88. The predicted octanol–water partition coefficient (Wildman–Crippen LogP) is 3.08. The van der Waals surface area contributed by atoms with Crippen molar-refractivity contribution >= 4 is 23.4 Å². The highest BCUT2D eigenvalue weighted by Gasteiger charge is 2.33. The van der Waals surface area contributed by atoms with Crippen LogP contribution < -0.4 is 14.9 Å². The number of allylic oxidation sites excluding steroid dienone is 1. The van der Waals surface area contributed by atoms with Crippen molar-refractivity contribution in [1.82, 2.24) is 4.57 Å². The van der Waals surface area contributed by atoms with Crippen molar-refractivity contribution in [1.29, 1.82) is 0 Å². The van der Waals surface area contributed by atoms with Crippen LogP contribution in [0.2, 0.25) is 0 Å². The van der Waals surface area contributed by atoms with Crippen molar-refractivity contribution in [3.63, 3.8) is 0 Å². The van der Waals surface area contributed by atoms with Gasteiger partial charge in [0.25, 0.3) is 5.56 Å². The van der Waals surface area contributed by atoms with Gasteiger partial charge < -0.3 is 4.74 Å². The Hall–Kier alpha value is -3.39. The van der Waals surface area contributed by atoms with Gasteiger partial charge in [0, 0.05) is 5.56 Å². The maximum absolute atomic E-state index is 14.1. The van der Waals surface area contributed by atoms with E-state index in [9.17, 15) is 18.4 Å². The molecule has 0 amide bonds. The molecule has 1 aliphatic heterocycles. The van der Waals surface area contributed by atoms with Gasteiger partial charge in [0.05, 0.1) is 28.5 Å². The molecule has 0 saturated carbocycles. The number of ether oxygens (including phenoxy) is 1. The molecule has 2 heterocycles. The number of fused-ring (bicyclic) bond motifs is 1. The molecule has 0 saturated heterocycles. The standard InChI is InChI=1S/C23H18F2N2O3S/c1-3-30-22(29)19-13(2)26-23-27(20(19)14-8-10-16(24)11-9-14)21(28)18(31-23)12-15-6-4-5-7-17(15)25/h4-12,20H,3H2,1-2H3. The maximum atomic E-state index is 14.1. The van der Waals surface area contributed by atoms with Gasteiger partial charge in [-0.3, -0.25) is 9.36 Å². The number of thiazole rings is 1. The maximum Gasteiger partial charge on any atom is 0.338 e. The molecular formula is C23H18F2N2O3S. The van der Waals surface area contributed by atoms with Crippen molar-refractivity contribution in [2.24, 2.45) is 4.99 Å². The predicted molar refractivity (Wildman–Crippen MR) is 113 cm³/mol. The van der Waals surface area contributed by atoms with Crippen LogP contribution >= 0.6 is 11.3 Å². The molecule has 31 heavy (non-hydrogen) atoms. The molecule has 0 aliphatic carbocycles. The van der Waals surface area contributed by atoms with E-state index in [1.165, 1.54) is 41.0 Å². The van der Waals surface area contributed by atoms with E-state index in [1.807, 2.05) is 0 Å². The summed E-state index contributed by atoms with van der Waals surface area (Å²) in [5, 5.41) is 0. The minimum absolute atomic E-state index is 0.156. The number of hydrogen-bond donors (Lipinski definition) is 0. The fraction of sp³-hybridized carbons (Fsp3) is 0.174. The van der Waals surface area contributed by atoms with Gasteiger partial charge in [0.1, 0.15) is 11.6 Å². The number of halogens is 2. The SMILES string of the molecule is CCOC(=O)C1=C(C)N=c2sc(=Cc3ccccc3F)c(=O)n2C1c1ccc(F)cc1. The Labute approximate surface area is 180 Å². The first kappa shape index (κ1) is 20.9. The Kier molecular flexibility index (Phi) is 5.65. The van der Waals surface area contributed by atoms with E-state index in [1.54, 1.807) is 32.0 Å². The zero-order valence-electron chi connectivity index (χ0n) is 16.8. The molecule has 0 fully saturated rings. The van der Waals surface area contributed by atoms with Gasteiger partial charge in [-0.1, -0.05) is 41.7 Å². The highest BCUT2D eigenvalue weighted by atomic mass is 32.1. The Balaban J connectivity index is 1.97. The summed E-state index contributed by atoms with van der Waals surface area (Å²) in [6.45, 7) is 3.50. The van der Waals surface area contributed by atoms with Crippen molar-refractivity contribution in [3.8, 4) is 0 Å². The Bertz CT molecular complexity index is 1370. The number of carbonyl (C=O) groups excluding carboxylic acids is 1. The third kappa shape index (κ3) is 3.86. The minimum Gasteiger partial charge on any atom is -0.463 e. The Morgan fingerprint density at radius 3 is 2.58 bits per heavy atom. The Morgan fingerprint density at radius 1 is 1.19 bits per heavy atom. The first-order chi connectivity index (χ1) is 14.9. The lowest BCUT2D eigenvalue weighted by molar-refractivity contribution is -0.139. The quantitative estimate of drug-likeness (QED) is 0.586. The summed E-state index contributed by atoms with van der Waals surface area (Å²) in [5.74, 6) is -1.48. The second-order valence-electron chi connectivity index (χ2n) is 6.88. The first-order valence-electron chi connectivity index (χ1n) is 9.60. The molecule has 2 aromatic carbocycles. The molecule has 158 valence electrons. The fourth-order valence-corrected chi connectivity index (χ4v) is 4.52. The van der Waals surface area contributed by atoms with Gasteiger partial charge >= 0.3 is 5.97 Å². The van der Waals surface area contributed by atoms with Gasteiger partial charge in [-0.2, -0.15) is 0 Å². The van der Waals surface area contributed by atoms with E-state index in [2.05, 4.69) is 4.99 Å². The normalized spacial score (nSPS) is 16.1. The van der Waals surface area contributed by atoms with Crippen molar-refractivity contribution in [2.45, 2.75) is 19.9 Å². The highest BCUT2D eigenvalue weighted by molar-refractivity contribution is 7.07. The molecule has 0 bridgehead atoms. The summed E-state index contributed by atoms with van der Waals surface area (Å²) in [4.78, 5) is 30.9. The number of hydrogen-bond acceptors (Lipinski definition) is 5. The van der Waals surface area contributed by atoms with Crippen LogP contribution in [0.1, 0.15) is 31.0 Å². The summed E-state index contributed by atoms with van der Waals surface area (Å²) in [6.07, 6.45) is 1.46. The van der Waals surface area contributed by atoms with Gasteiger partial charge in [-0.15, -0.1) is 0 Å². The van der Waals surface area contributed by atoms with Crippen LogP contribution in [0.15, 0.2) is 69.6 Å². The Morgan fingerprint density at radius 2 is 1.90 bits per heavy atom. The molecule has 8 heteroatoms. The number of benzene rings is 2. The summed E-state index contributed by atoms with van der Waals surface area (Å²) in [6, 6.07) is 10.9. The lowest BCUT2D eigenvalue weighted by Gasteiger charge is -2.24. The minimum atomic E-state index is -0.835. The van der Waals surface area contributed by atoms with Crippen LogP contribution in [0.4, 0.5) is 8.78 Å². The fourth-order valence-electron chi connectivity index (χ4n) is 3.49. The van der Waals surface area contributed by atoms with Crippen molar-refractivity contribution in [3.05, 3.63) is 102 Å². The van der Waals surface area contributed by atoms with Crippen LogP contribution in [0.3, 0.4) is 0 Å². The largest absolute Gasteiger partial charge is 0.463 e. The second-order valence-corrected chi connectivity index (χ2v) is 7.88. The third-order valence-electron chi connectivity index (χ3n) is 4.89. The van der Waals surface area contributed by atoms with Gasteiger partial charge in [0.2, 0.25) is 0 Å². The van der Waals surface area contributed by atoms with Crippen molar-refractivity contribution in [2.75, 3.05) is 6.61 Å². The summed E-state index contributed by atoms with van der Waals surface area (Å²) < 4.78 is 34.5. The van der Waals surface area contributed by atoms with Crippen molar-refractivity contribution < 1.29 is 18.3 Å². The molecule has 3 aromatic rings. The van der Waals surface area contributed by atoms with Crippen LogP contribution in [-0.4, -0.2) is 17.1 Å². The zero-order valence-corrected chi connectivity index (χ0v) is 17.6.